The first-order valence-electron chi connectivity index (χ1n) is 9.49. The van der Waals surface area contributed by atoms with E-state index in [0.717, 1.165) is 34.2 Å². The zero-order valence-electron chi connectivity index (χ0n) is 15.5. The number of carbonyl (C=O) groups excluding carboxylic acids is 1. The van der Waals surface area contributed by atoms with Crippen molar-refractivity contribution in [2.24, 2.45) is 4.99 Å². The van der Waals surface area contributed by atoms with Gasteiger partial charge in [-0.3, -0.25) is 14.7 Å². The number of hydrogen-bond acceptors (Lipinski definition) is 4. The van der Waals surface area contributed by atoms with Crippen LogP contribution in [0.2, 0.25) is 0 Å². The van der Waals surface area contributed by atoms with Gasteiger partial charge in [-0.1, -0.05) is 49.1 Å². The Kier molecular flexibility index (Phi) is 5.39. The van der Waals surface area contributed by atoms with Crippen molar-refractivity contribution in [2.75, 3.05) is 0 Å². The van der Waals surface area contributed by atoms with Gasteiger partial charge in [0.1, 0.15) is 0 Å². The SMILES string of the molecule is Cc1ccc(/C=C2\SC(=Nc3cccnc3)N(C3CCCCC3)C2=O)cc1. The van der Waals surface area contributed by atoms with Crippen LogP contribution < -0.4 is 0 Å². The third-order valence-corrected chi connectivity index (χ3v) is 6.01. The van der Waals surface area contributed by atoms with Gasteiger partial charge in [0.25, 0.3) is 5.91 Å². The lowest BCUT2D eigenvalue weighted by molar-refractivity contribution is -0.124. The van der Waals surface area contributed by atoms with Crippen molar-refractivity contribution >= 4 is 34.6 Å². The van der Waals surface area contributed by atoms with E-state index < -0.39 is 0 Å². The average Bonchev–Trinajstić information content (AvgIpc) is 3.00. The predicted octanol–water partition coefficient (Wildman–Crippen LogP) is 5.33. The molecule has 0 radical (unpaired) electrons. The molecule has 1 saturated heterocycles. The third kappa shape index (κ3) is 4.14. The fraction of sp³-hybridized carbons (Fsp3) is 0.318. The molecule has 2 heterocycles. The highest BCUT2D eigenvalue weighted by atomic mass is 32.2. The number of amides is 1. The molecule has 1 aliphatic heterocycles. The van der Waals surface area contributed by atoms with E-state index in [-0.39, 0.29) is 11.9 Å². The van der Waals surface area contributed by atoms with Gasteiger partial charge in [-0.25, -0.2) is 4.99 Å². The Morgan fingerprint density at radius 3 is 2.63 bits per heavy atom. The van der Waals surface area contributed by atoms with Gasteiger partial charge in [0.15, 0.2) is 5.17 Å². The monoisotopic (exact) mass is 377 g/mol. The number of aromatic nitrogens is 1. The van der Waals surface area contributed by atoms with Crippen LogP contribution >= 0.6 is 11.8 Å². The van der Waals surface area contributed by atoms with E-state index in [1.54, 1.807) is 12.4 Å². The van der Waals surface area contributed by atoms with Crippen LogP contribution in [0.1, 0.15) is 43.2 Å². The zero-order chi connectivity index (χ0) is 18.6. The van der Waals surface area contributed by atoms with Gasteiger partial charge in [0, 0.05) is 12.2 Å². The number of aliphatic imine (C=N–C) groups is 1. The first-order valence-corrected chi connectivity index (χ1v) is 10.3. The molecule has 5 heteroatoms. The Balaban J connectivity index is 1.68. The van der Waals surface area contributed by atoms with Crippen molar-refractivity contribution in [1.82, 2.24) is 9.88 Å². The topological polar surface area (TPSA) is 45.6 Å². The van der Waals surface area contributed by atoms with Gasteiger partial charge in [-0.2, -0.15) is 0 Å². The Morgan fingerprint density at radius 2 is 1.93 bits per heavy atom. The van der Waals surface area contributed by atoms with Crippen LogP contribution in [-0.2, 0) is 4.79 Å². The minimum Gasteiger partial charge on any atom is -0.283 e. The van der Waals surface area contributed by atoms with Crippen LogP contribution in [0.15, 0.2) is 58.7 Å². The van der Waals surface area contributed by atoms with Gasteiger partial charge in [0.2, 0.25) is 0 Å². The summed E-state index contributed by atoms with van der Waals surface area (Å²) in [6.45, 7) is 2.07. The van der Waals surface area contributed by atoms with E-state index in [9.17, 15) is 4.79 Å². The molecule has 0 spiro atoms. The maximum atomic E-state index is 13.2. The lowest BCUT2D eigenvalue weighted by Gasteiger charge is -2.30. The number of rotatable bonds is 3. The first kappa shape index (κ1) is 18.0. The molecule has 0 unspecified atom stereocenters. The van der Waals surface area contributed by atoms with Gasteiger partial charge in [0.05, 0.1) is 16.8 Å². The Bertz CT molecular complexity index is 868. The van der Waals surface area contributed by atoms with Gasteiger partial charge in [-0.05, 0) is 55.3 Å². The van der Waals surface area contributed by atoms with E-state index >= 15 is 0 Å². The maximum Gasteiger partial charge on any atom is 0.267 e. The highest BCUT2D eigenvalue weighted by Crippen LogP contribution is 2.38. The molecule has 1 aromatic carbocycles. The summed E-state index contributed by atoms with van der Waals surface area (Å²) in [5, 5.41) is 0.776. The highest BCUT2D eigenvalue weighted by molar-refractivity contribution is 8.18. The zero-order valence-corrected chi connectivity index (χ0v) is 16.3. The summed E-state index contributed by atoms with van der Waals surface area (Å²) >= 11 is 1.47. The number of aryl methyl sites for hydroxylation is 1. The molecule has 1 amide bonds. The first-order chi connectivity index (χ1) is 13.2. The predicted molar refractivity (Wildman–Crippen MR) is 112 cm³/mol. The smallest absolute Gasteiger partial charge is 0.267 e. The number of thioether (sulfide) groups is 1. The molecular formula is C22H23N3OS. The fourth-order valence-electron chi connectivity index (χ4n) is 3.57. The van der Waals surface area contributed by atoms with Crippen molar-refractivity contribution in [1.29, 1.82) is 0 Å². The minimum atomic E-state index is 0.0788. The summed E-state index contributed by atoms with van der Waals surface area (Å²) in [5.41, 5.74) is 3.04. The summed E-state index contributed by atoms with van der Waals surface area (Å²) in [5.74, 6) is 0.0788. The second-order valence-corrected chi connectivity index (χ2v) is 8.10. The number of nitrogens with zero attached hydrogens (tertiary/aromatic N) is 3. The van der Waals surface area contributed by atoms with Crippen LogP contribution in [0.4, 0.5) is 5.69 Å². The van der Waals surface area contributed by atoms with Crippen LogP contribution in [0.5, 0.6) is 0 Å². The molecule has 2 aliphatic rings. The number of hydrogen-bond donors (Lipinski definition) is 0. The molecule has 1 saturated carbocycles. The molecule has 0 bridgehead atoms. The standard InChI is InChI=1S/C22H23N3OS/c1-16-9-11-17(12-10-16)14-20-21(26)25(19-7-3-2-4-8-19)22(27-20)24-18-6-5-13-23-15-18/h5-6,9-15,19H,2-4,7-8H2,1H3/b20-14-,24-22?. The molecule has 27 heavy (non-hydrogen) atoms. The molecule has 4 nitrogen and oxygen atoms in total. The van der Waals surface area contributed by atoms with E-state index in [4.69, 9.17) is 4.99 Å². The highest BCUT2D eigenvalue weighted by Gasteiger charge is 2.38. The van der Waals surface area contributed by atoms with Gasteiger partial charge in [-0.15, -0.1) is 0 Å². The van der Waals surface area contributed by atoms with Crippen molar-refractivity contribution in [3.63, 3.8) is 0 Å². The third-order valence-electron chi connectivity index (χ3n) is 5.02. The second-order valence-electron chi connectivity index (χ2n) is 7.09. The summed E-state index contributed by atoms with van der Waals surface area (Å²) < 4.78 is 0. The Morgan fingerprint density at radius 1 is 1.15 bits per heavy atom. The number of pyridine rings is 1. The summed E-state index contributed by atoms with van der Waals surface area (Å²) in [6, 6.07) is 12.3. The normalized spacial score (nSPS) is 21.4. The number of carbonyl (C=O) groups is 1. The largest absolute Gasteiger partial charge is 0.283 e. The second kappa shape index (κ2) is 8.09. The van der Waals surface area contributed by atoms with Crippen LogP contribution in [0.3, 0.4) is 0 Å². The van der Waals surface area contributed by atoms with Crippen molar-refractivity contribution < 1.29 is 4.79 Å². The van der Waals surface area contributed by atoms with E-state index in [2.05, 4.69) is 36.2 Å². The van der Waals surface area contributed by atoms with Crippen molar-refractivity contribution in [2.45, 2.75) is 45.1 Å². The minimum absolute atomic E-state index is 0.0788. The van der Waals surface area contributed by atoms with Crippen LogP contribution in [-0.4, -0.2) is 27.0 Å². The molecule has 1 aliphatic carbocycles. The molecule has 0 atom stereocenters. The molecule has 138 valence electrons. The summed E-state index contributed by atoms with van der Waals surface area (Å²) in [6.07, 6.45) is 11.2. The quantitative estimate of drug-likeness (QED) is 0.680. The molecular weight excluding hydrogens is 354 g/mol. The molecule has 1 aromatic heterocycles. The van der Waals surface area contributed by atoms with Crippen LogP contribution in [0, 0.1) is 6.92 Å². The van der Waals surface area contributed by atoms with E-state index in [1.165, 1.54) is 36.6 Å². The Hall–Kier alpha value is -2.40. The van der Waals surface area contributed by atoms with Crippen LogP contribution in [0.25, 0.3) is 6.08 Å². The maximum absolute atomic E-state index is 13.2. The Labute approximate surface area is 164 Å². The summed E-state index contributed by atoms with van der Waals surface area (Å²) in [7, 11) is 0. The van der Waals surface area contributed by atoms with Gasteiger partial charge >= 0.3 is 0 Å². The average molecular weight is 378 g/mol. The van der Waals surface area contributed by atoms with E-state index in [0.29, 0.717) is 0 Å². The molecule has 2 aromatic rings. The fourth-order valence-corrected chi connectivity index (χ4v) is 4.63. The number of benzene rings is 1. The van der Waals surface area contributed by atoms with Crippen molar-refractivity contribution in [3.05, 3.63) is 64.8 Å². The molecule has 0 N–H and O–H groups in total. The lowest BCUT2D eigenvalue weighted by atomic mass is 9.94. The van der Waals surface area contributed by atoms with Gasteiger partial charge < -0.3 is 0 Å². The molecule has 2 fully saturated rings. The van der Waals surface area contributed by atoms with Crippen molar-refractivity contribution in [3.8, 4) is 0 Å². The number of amidine groups is 1. The lowest BCUT2D eigenvalue weighted by Crippen LogP contribution is -2.40. The summed E-state index contributed by atoms with van der Waals surface area (Å²) in [4.78, 5) is 24.8. The van der Waals surface area contributed by atoms with E-state index in [1.807, 2.05) is 23.1 Å². The molecule has 4 rings (SSSR count).